The van der Waals surface area contributed by atoms with Gasteiger partial charge < -0.3 is 15.1 Å². The molecule has 0 bridgehead atoms. The third kappa shape index (κ3) is 5.23. The summed E-state index contributed by atoms with van der Waals surface area (Å²) in [6.45, 7) is 2.37. The van der Waals surface area contributed by atoms with Crippen molar-refractivity contribution in [3.63, 3.8) is 0 Å². The lowest BCUT2D eigenvalue weighted by molar-refractivity contribution is -0.138. The van der Waals surface area contributed by atoms with Crippen LogP contribution in [0, 0.1) is 0 Å². The molecule has 1 aliphatic rings. The van der Waals surface area contributed by atoms with Crippen molar-refractivity contribution in [1.82, 2.24) is 15.1 Å². The Hall–Kier alpha value is -2.91. The molecule has 0 radical (unpaired) electrons. The van der Waals surface area contributed by atoms with E-state index in [4.69, 9.17) is 11.6 Å². The second kappa shape index (κ2) is 9.49. The molecule has 1 heterocycles. The smallest absolute Gasteiger partial charge is 0.261 e. The maximum Gasteiger partial charge on any atom is 0.261 e. The number of benzene rings is 2. The van der Waals surface area contributed by atoms with E-state index in [9.17, 15) is 22.8 Å². The average molecular weight is 464 g/mol. The van der Waals surface area contributed by atoms with E-state index in [0.717, 1.165) is 0 Å². The summed E-state index contributed by atoms with van der Waals surface area (Å²) in [5.74, 6) is -1.55. The highest BCUT2D eigenvalue weighted by molar-refractivity contribution is 7.92. The van der Waals surface area contributed by atoms with Gasteiger partial charge in [-0.05, 0) is 36.4 Å². The molecule has 1 N–H and O–H groups in total. The summed E-state index contributed by atoms with van der Waals surface area (Å²) in [6.07, 6.45) is 0. The molecule has 0 saturated carbocycles. The highest BCUT2D eigenvalue weighted by Gasteiger charge is 2.39. The number of rotatable bonds is 5. The first-order valence-corrected chi connectivity index (χ1v) is 11.5. The van der Waals surface area contributed by atoms with E-state index in [1.807, 2.05) is 0 Å². The van der Waals surface area contributed by atoms with E-state index >= 15 is 0 Å². The van der Waals surface area contributed by atoms with Crippen LogP contribution in [0.5, 0.6) is 0 Å². The van der Waals surface area contributed by atoms with Crippen LogP contribution in [0.4, 0.5) is 0 Å². The van der Waals surface area contributed by atoms with Crippen LogP contribution in [0.2, 0.25) is 5.02 Å². The minimum Gasteiger partial charge on any atom is -0.339 e. The molecule has 1 fully saturated rings. The lowest BCUT2D eigenvalue weighted by Gasteiger charge is -2.36. The summed E-state index contributed by atoms with van der Waals surface area (Å²) in [6, 6.07) is 13.4. The van der Waals surface area contributed by atoms with Crippen molar-refractivity contribution < 1.29 is 22.8 Å². The van der Waals surface area contributed by atoms with Gasteiger partial charge in [-0.1, -0.05) is 29.8 Å². The molecule has 1 atom stereocenters. The minimum absolute atomic E-state index is 0.116. The zero-order valence-corrected chi connectivity index (χ0v) is 18.4. The summed E-state index contributed by atoms with van der Waals surface area (Å²) in [7, 11) is -4.26. The van der Waals surface area contributed by atoms with Crippen molar-refractivity contribution in [2.75, 3.05) is 26.2 Å². The Bertz CT molecular complexity index is 1070. The number of carbonyl (C=O) groups is 3. The van der Waals surface area contributed by atoms with Crippen molar-refractivity contribution >= 4 is 39.2 Å². The van der Waals surface area contributed by atoms with Gasteiger partial charge in [0.15, 0.2) is 0 Å². The van der Waals surface area contributed by atoms with Gasteiger partial charge in [0.2, 0.25) is 21.1 Å². The summed E-state index contributed by atoms with van der Waals surface area (Å²) < 4.78 is 26.6. The van der Waals surface area contributed by atoms with Crippen molar-refractivity contribution in [1.29, 1.82) is 0 Å². The third-order valence-electron chi connectivity index (χ3n) is 5.01. The number of sulfone groups is 1. The van der Waals surface area contributed by atoms with Crippen LogP contribution in [-0.2, 0) is 19.4 Å². The Morgan fingerprint density at radius 3 is 2.00 bits per heavy atom. The molecule has 31 heavy (non-hydrogen) atoms. The van der Waals surface area contributed by atoms with Crippen molar-refractivity contribution in [3.8, 4) is 0 Å². The maximum atomic E-state index is 13.3. The zero-order valence-electron chi connectivity index (χ0n) is 16.8. The number of hydrogen-bond donors (Lipinski definition) is 1. The highest BCUT2D eigenvalue weighted by atomic mass is 35.5. The number of amides is 3. The van der Waals surface area contributed by atoms with E-state index in [1.165, 1.54) is 48.2 Å². The Kier molecular flexibility index (Phi) is 6.97. The molecule has 8 nitrogen and oxygen atoms in total. The Balaban J connectivity index is 1.90. The molecule has 2 aromatic carbocycles. The molecule has 164 valence electrons. The maximum absolute atomic E-state index is 13.3. The summed E-state index contributed by atoms with van der Waals surface area (Å²) in [5, 5.41) is 0.915. The van der Waals surface area contributed by atoms with Crippen LogP contribution >= 0.6 is 11.6 Å². The van der Waals surface area contributed by atoms with E-state index in [2.05, 4.69) is 5.32 Å². The third-order valence-corrected chi connectivity index (χ3v) is 7.13. The van der Waals surface area contributed by atoms with Crippen LogP contribution < -0.4 is 5.32 Å². The SMILES string of the molecule is CC(=O)N1CCN(C(=O)[C@H](NC(=O)c2ccccc2)S(=O)(=O)c2ccc(Cl)cc2)CC1. The van der Waals surface area contributed by atoms with Gasteiger partial charge in [-0.2, -0.15) is 0 Å². The van der Waals surface area contributed by atoms with Gasteiger partial charge in [0.1, 0.15) is 0 Å². The lowest BCUT2D eigenvalue weighted by Crippen LogP contribution is -2.57. The first-order chi connectivity index (χ1) is 14.7. The summed E-state index contributed by atoms with van der Waals surface area (Å²) in [5.41, 5.74) is 0.230. The molecule has 1 aliphatic heterocycles. The van der Waals surface area contributed by atoms with Crippen LogP contribution in [-0.4, -0.2) is 67.5 Å². The summed E-state index contributed by atoms with van der Waals surface area (Å²) in [4.78, 5) is 40.3. The first kappa shape index (κ1) is 22.8. The van der Waals surface area contributed by atoms with E-state index < -0.39 is 27.0 Å². The van der Waals surface area contributed by atoms with Gasteiger partial charge in [0.25, 0.3) is 11.8 Å². The van der Waals surface area contributed by atoms with Crippen LogP contribution in [0.15, 0.2) is 59.5 Å². The van der Waals surface area contributed by atoms with Gasteiger partial charge in [-0.3, -0.25) is 14.4 Å². The largest absolute Gasteiger partial charge is 0.339 e. The quantitative estimate of drug-likeness (QED) is 0.724. The molecule has 0 spiro atoms. The number of nitrogens with one attached hydrogen (secondary N) is 1. The topological polar surface area (TPSA) is 104 Å². The number of piperazine rings is 1. The fourth-order valence-electron chi connectivity index (χ4n) is 3.23. The van der Waals surface area contributed by atoms with Crippen molar-refractivity contribution in [2.45, 2.75) is 17.2 Å². The van der Waals surface area contributed by atoms with Crippen LogP contribution in [0.1, 0.15) is 17.3 Å². The van der Waals surface area contributed by atoms with E-state index in [0.29, 0.717) is 18.1 Å². The van der Waals surface area contributed by atoms with Crippen LogP contribution in [0.3, 0.4) is 0 Å². The number of hydrogen-bond acceptors (Lipinski definition) is 5. The predicted molar refractivity (Wildman–Crippen MR) is 115 cm³/mol. The predicted octanol–water partition coefficient (Wildman–Crippen LogP) is 1.56. The number of nitrogens with zero attached hydrogens (tertiary/aromatic N) is 2. The van der Waals surface area contributed by atoms with Crippen LogP contribution in [0.25, 0.3) is 0 Å². The standard InChI is InChI=1S/C21H22ClN3O5S/c1-15(26)24-11-13-25(14-12-24)21(28)20(23-19(27)16-5-3-2-4-6-16)31(29,30)18-9-7-17(22)8-10-18/h2-10,20H,11-14H2,1H3,(H,23,27)/t20-/m1/s1. The molecule has 0 aliphatic carbocycles. The first-order valence-electron chi connectivity index (χ1n) is 9.60. The molecule has 2 aromatic rings. The Morgan fingerprint density at radius 2 is 1.45 bits per heavy atom. The van der Waals surface area contributed by atoms with Crippen molar-refractivity contribution in [2.24, 2.45) is 0 Å². The minimum atomic E-state index is -4.26. The van der Waals surface area contributed by atoms with Gasteiger partial charge in [0.05, 0.1) is 4.90 Å². The van der Waals surface area contributed by atoms with Gasteiger partial charge in [0, 0.05) is 43.7 Å². The fraction of sp³-hybridized carbons (Fsp3) is 0.286. The summed E-state index contributed by atoms with van der Waals surface area (Å²) >= 11 is 5.86. The Labute approximate surface area is 185 Å². The van der Waals surface area contributed by atoms with E-state index in [1.54, 1.807) is 23.1 Å². The molecule has 0 aromatic heterocycles. The monoisotopic (exact) mass is 463 g/mol. The Morgan fingerprint density at radius 1 is 0.903 bits per heavy atom. The lowest BCUT2D eigenvalue weighted by atomic mass is 10.2. The molecule has 0 unspecified atom stereocenters. The normalized spacial score (nSPS) is 15.3. The molecule has 3 rings (SSSR count). The highest BCUT2D eigenvalue weighted by Crippen LogP contribution is 2.20. The zero-order chi connectivity index (χ0) is 22.6. The fourth-order valence-corrected chi connectivity index (χ4v) is 4.82. The molecule has 1 saturated heterocycles. The van der Waals surface area contributed by atoms with Gasteiger partial charge >= 0.3 is 0 Å². The second-order valence-corrected chi connectivity index (χ2v) is 9.52. The molecular weight excluding hydrogens is 442 g/mol. The van der Waals surface area contributed by atoms with Gasteiger partial charge in [-0.25, -0.2) is 8.42 Å². The molecule has 10 heteroatoms. The number of carbonyl (C=O) groups excluding carboxylic acids is 3. The van der Waals surface area contributed by atoms with E-state index in [-0.39, 0.29) is 29.5 Å². The molecule has 3 amide bonds. The van der Waals surface area contributed by atoms with Gasteiger partial charge in [-0.15, -0.1) is 0 Å². The number of halogens is 1. The average Bonchev–Trinajstić information content (AvgIpc) is 2.77. The molecular formula is C21H22ClN3O5S. The van der Waals surface area contributed by atoms with Crippen molar-refractivity contribution in [3.05, 3.63) is 65.2 Å². The second-order valence-electron chi connectivity index (χ2n) is 7.05.